The lowest BCUT2D eigenvalue weighted by Crippen LogP contribution is -2.37. The summed E-state index contributed by atoms with van der Waals surface area (Å²) < 4.78 is 11.5. The Morgan fingerprint density at radius 1 is 0.944 bits per heavy atom. The first-order chi connectivity index (χ1) is 17.5. The van der Waals surface area contributed by atoms with Gasteiger partial charge in [0.2, 0.25) is 5.91 Å². The van der Waals surface area contributed by atoms with Crippen molar-refractivity contribution in [1.82, 2.24) is 0 Å². The number of rotatable bonds is 8. The van der Waals surface area contributed by atoms with Crippen molar-refractivity contribution in [2.24, 2.45) is 5.92 Å². The lowest BCUT2D eigenvalue weighted by Gasteiger charge is -2.29. The molecule has 2 amide bonds. The number of carbonyl (C=O) groups excluding carboxylic acids is 2. The van der Waals surface area contributed by atoms with Gasteiger partial charge in [-0.3, -0.25) is 14.4 Å². The molecule has 186 valence electrons. The number of amides is 2. The third kappa shape index (κ3) is 4.18. The molecule has 2 aliphatic heterocycles. The summed E-state index contributed by atoms with van der Waals surface area (Å²) in [4.78, 5) is 34.6. The SMILES string of the molecule is CCCCOc1ccc([C@@H]2[C@H]3C(=O)N(c4ccccc4Cl)C(=O)[C@@H]3ON2c2ccccc2)cc1OC. The Morgan fingerprint density at radius 3 is 2.42 bits per heavy atom. The van der Waals surface area contributed by atoms with Crippen LogP contribution in [0.4, 0.5) is 11.4 Å². The van der Waals surface area contributed by atoms with Gasteiger partial charge < -0.3 is 9.47 Å². The number of carbonyl (C=O) groups is 2. The van der Waals surface area contributed by atoms with Gasteiger partial charge in [0.05, 0.1) is 36.2 Å². The molecule has 2 fully saturated rings. The van der Waals surface area contributed by atoms with Crippen LogP contribution in [-0.2, 0) is 14.4 Å². The lowest BCUT2D eigenvalue weighted by atomic mass is 9.90. The Bertz CT molecular complexity index is 1270. The van der Waals surface area contributed by atoms with E-state index in [0.717, 1.165) is 29.0 Å². The molecule has 0 bridgehead atoms. The highest BCUT2D eigenvalue weighted by Gasteiger charge is 2.60. The summed E-state index contributed by atoms with van der Waals surface area (Å²) >= 11 is 6.35. The van der Waals surface area contributed by atoms with Crippen molar-refractivity contribution in [3.8, 4) is 11.5 Å². The van der Waals surface area contributed by atoms with Crippen molar-refractivity contribution in [3.05, 3.63) is 83.4 Å². The molecule has 0 N–H and O–H groups in total. The first-order valence-corrected chi connectivity index (χ1v) is 12.4. The molecule has 0 radical (unpaired) electrons. The van der Waals surface area contributed by atoms with Crippen LogP contribution in [-0.4, -0.2) is 31.6 Å². The van der Waals surface area contributed by atoms with Crippen molar-refractivity contribution >= 4 is 34.8 Å². The summed E-state index contributed by atoms with van der Waals surface area (Å²) in [6, 6.07) is 21.3. The molecule has 3 aromatic rings. The summed E-state index contributed by atoms with van der Waals surface area (Å²) in [7, 11) is 1.58. The predicted octanol–water partition coefficient (Wildman–Crippen LogP) is 5.58. The molecule has 2 saturated heterocycles. The fourth-order valence-electron chi connectivity index (χ4n) is 4.74. The number of ether oxygens (including phenoxy) is 2. The fourth-order valence-corrected chi connectivity index (χ4v) is 4.96. The average molecular weight is 507 g/mol. The molecule has 0 unspecified atom stereocenters. The molecular weight excluding hydrogens is 480 g/mol. The molecule has 7 nitrogen and oxygen atoms in total. The van der Waals surface area contributed by atoms with E-state index in [0.29, 0.717) is 28.8 Å². The summed E-state index contributed by atoms with van der Waals surface area (Å²) in [5, 5.41) is 1.98. The van der Waals surface area contributed by atoms with E-state index in [2.05, 4.69) is 6.92 Å². The monoisotopic (exact) mass is 506 g/mol. The van der Waals surface area contributed by atoms with Gasteiger partial charge in [0.1, 0.15) is 5.92 Å². The van der Waals surface area contributed by atoms with Crippen LogP contribution in [0.1, 0.15) is 31.4 Å². The van der Waals surface area contributed by atoms with Gasteiger partial charge >= 0.3 is 0 Å². The number of imide groups is 1. The minimum atomic E-state index is -0.981. The van der Waals surface area contributed by atoms with Crippen LogP contribution in [0.25, 0.3) is 0 Å². The van der Waals surface area contributed by atoms with Gasteiger partial charge in [-0.25, -0.2) is 9.96 Å². The number of methoxy groups -OCH3 is 1. The smallest absolute Gasteiger partial charge is 0.266 e. The maximum absolute atomic E-state index is 13.8. The summed E-state index contributed by atoms with van der Waals surface area (Å²) in [5.41, 5.74) is 1.87. The van der Waals surface area contributed by atoms with Gasteiger partial charge in [0.15, 0.2) is 17.6 Å². The number of anilines is 2. The summed E-state index contributed by atoms with van der Waals surface area (Å²) in [6.07, 6.45) is 0.972. The van der Waals surface area contributed by atoms with Crippen molar-refractivity contribution in [2.45, 2.75) is 31.9 Å². The predicted molar refractivity (Wildman–Crippen MR) is 137 cm³/mol. The molecule has 3 atom stereocenters. The molecule has 3 aromatic carbocycles. The first kappa shape index (κ1) is 24.2. The van der Waals surface area contributed by atoms with E-state index in [1.807, 2.05) is 48.5 Å². The van der Waals surface area contributed by atoms with Crippen LogP contribution in [0, 0.1) is 5.92 Å². The van der Waals surface area contributed by atoms with Crippen LogP contribution in [0.15, 0.2) is 72.8 Å². The highest BCUT2D eigenvalue weighted by Crippen LogP contribution is 2.49. The van der Waals surface area contributed by atoms with Crippen LogP contribution in [0.2, 0.25) is 5.02 Å². The number of benzene rings is 3. The maximum Gasteiger partial charge on any atom is 0.266 e. The Hall–Kier alpha value is -3.55. The van der Waals surface area contributed by atoms with Gasteiger partial charge in [0.25, 0.3) is 5.91 Å². The largest absolute Gasteiger partial charge is 0.493 e. The minimum Gasteiger partial charge on any atom is -0.493 e. The molecule has 2 aliphatic rings. The van der Waals surface area contributed by atoms with Gasteiger partial charge in [-0.2, -0.15) is 0 Å². The Kier molecular flexibility index (Phi) is 6.85. The van der Waals surface area contributed by atoms with Gasteiger partial charge in [-0.15, -0.1) is 0 Å². The van der Waals surface area contributed by atoms with Crippen molar-refractivity contribution in [1.29, 1.82) is 0 Å². The van der Waals surface area contributed by atoms with E-state index < -0.39 is 24.0 Å². The lowest BCUT2D eigenvalue weighted by molar-refractivity contribution is -0.126. The van der Waals surface area contributed by atoms with E-state index in [-0.39, 0.29) is 5.91 Å². The van der Waals surface area contributed by atoms with Crippen LogP contribution in [0.3, 0.4) is 0 Å². The second-order valence-corrected chi connectivity index (χ2v) is 9.14. The van der Waals surface area contributed by atoms with Crippen molar-refractivity contribution < 1.29 is 23.9 Å². The topological polar surface area (TPSA) is 68.3 Å². The highest BCUT2D eigenvalue weighted by molar-refractivity contribution is 6.36. The van der Waals surface area contributed by atoms with Crippen LogP contribution >= 0.6 is 11.6 Å². The second kappa shape index (κ2) is 10.2. The third-order valence-corrected chi connectivity index (χ3v) is 6.82. The number of unbranched alkanes of at least 4 members (excludes halogenated alkanes) is 1. The number of fused-ring (bicyclic) bond motifs is 1. The zero-order valence-corrected chi connectivity index (χ0v) is 20.9. The number of hydroxylamine groups is 1. The fraction of sp³-hybridized carbons (Fsp3) is 0.286. The summed E-state index contributed by atoms with van der Waals surface area (Å²) in [6.45, 7) is 2.68. The third-order valence-electron chi connectivity index (χ3n) is 6.50. The maximum atomic E-state index is 13.8. The molecule has 0 spiro atoms. The zero-order valence-electron chi connectivity index (χ0n) is 20.1. The van der Waals surface area contributed by atoms with Crippen molar-refractivity contribution in [2.75, 3.05) is 23.7 Å². The van der Waals surface area contributed by atoms with Crippen LogP contribution in [0.5, 0.6) is 11.5 Å². The number of hydrogen-bond donors (Lipinski definition) is 0. The zero-order chi connectivity index (χ0) is 25.2. The van der Waals surface area contributed by atoms with E-state index >= 15 is 0 Å². The van der Waals surface area contributed by atoms with Gasteiger partial charge in [0, 0.05) is 0 Å². The number of hydrogen-bond acceptors (Lipinski definition) is 6. The highest BCUT2D eigenvalue weighted by atomic mass is 35.5. The summed E-state index contributed by atoms with van der Waals surface area (Å²) in [5.74, 6) is -0.384. The van der Waals surface area contributed by atoms with E-state index in [1.54, 1.807) is 36.4 Å². The molecule has 8 heteroatoms. The quantitative estimate of drug-likeness (QED) is 0.293. The van der Waals surface area contributed by atoms with Gasteiger partial charge in [-0.05, 0) is 48.4 Å². The van der Waals surface area contributed by atoms with E-state index in [9.17, 15) is 9.59 Å². The molecule has 0 saturated carbocycles. The standard InChI is InChI=1S/C28H27ClN2O5/c1-3-4-16-35-22-15-14-18(17-23(22)34-2)25-24-26(36-31(25)19-10-6-5-7-11-19)28(33)30(27(24)32)21-13-9-8-12-20(21)29/h5-15,17,24-26H,3-4,16H2,1-2H3/t24-,25-,26-/m1/s1. The molecule has 0 aromatic heterocycles. The molecular formula is C28H27ClN2O5. The number of halogens is 1. The Balaban J connectivity index is 1.56. The molecule has 2 heterocycles. The Morgan fingerprint density at radius 2 is 1.69 bits per heavy atom. The average Bonchev–Trinajstić information content (AvgIpc) is 3.41. The number of nitrogens with zero attached hydrogens (tertiary/aromatic N) is 2. The minimum absolute atomic E-state index is 0.325. The second-order valence-electron chi connectivity index (χ2n) is 8.73. The van der Waals surface area contributed by atoms with Crippen molar-refractivity contribution in [3.63, 3.8) is 0 Å². The molecule has 5 rings (SSSR count). The van der Waals surface area contributed by atoms with Crippen LogP contribution < -0.4 is 19.4 Å². The van der Waals surface area contributed by atoms with Gasteiger partial charge in [-0.1, -0.05) is 61.3 Å². The number of para-hydroxylation sites is 2. The Labute approximate surface area is 215 Å². The molecule has 0 aliphatic carbocycles. The van der Waals surface area contributed by atoms with E-state index in [4.69, 9.17) is 25.9 Å². The molecule has 36 heavy (non-hydrogen) atoms. The van der Waals surface area contributed by atoms with E-state index in [1.165, 1.54) is 0 Å². The normalized spacial score (nSPS) is 21.1. The first-order valence-electron chi connectivity index (χ1n) is 12.0.